The summed E-state index contributed by atoms with van der Waals surface area (Å²) < 4.78 is 0. The van der Waals surface area contributed by atoms with Crippen LogP contribution in [0.25, 0.3) is 4.85 Å². The van der Waals surface area contributed by atoms with E-state index in [2.05, 4.69) is 34.6 Å². The first-order valence-corrected chi connectivity index (χ1v) is 9.71. The second kappa shape index (κ2) is 9.20. The summed E-state index contributed by atoms with van der Waals surface area (Å²) in [5.41, 5.74) is 1.65. The molecule has 0 saturated heterocycles. The Morgan fingerprint density at radius 2 is 1.44 bits per heavy atom. The topological polar surface area (TPSA) is 103 Å². The van der Waals surface area contributed by atoms with Gasteiger partial charge in [0.15, 0.2) is 6.07 Å². The number of benzene rings is 2. The van der Waals surface area contributed by atoms with E-state index < -0.39 is 23.6 Å². The number of hydrogen-bond donors (Lipinski definition) is 0. The summed E-state index contributed by atoms with van der Waals surface area (Å²) >= 11 is 0. The zero-order chi connectivity index (χ0) is 24.1. The quantitative estimate of drug-likeness (QED) is 0.523. The number of imide groups is 2. The van der Waals surface area contributed by atoms with E-state index in [1.54, 1.807) is 54.6 Å². The number of nitriles is 1. The molecule has 0 aromatic heterocycles. The number of nitrogens with zero attached hydrogens (tertiary/aromatic N) is 4. The molecule has 4 amide bonds. The number of carbonyl (C=O) groups is 4. The third-order valence-electron chi connectivity index (χ3n) is 4.64. The molecular formula is C26H11N4O4+. The molecule has 0 bridgehead atoms. The van der Waals surface area contributed by atoms with E-state index in [0.717, 1.165) is 15.9 Å². The second-order valence-corrected chi connectivity index (χ2v) is 6.79. The van der Waals surface area contributed by atoms with E-state index in [9.17, 15) is 19.2 Å². The van der Waals surface area contributed by atoms with Gasteiger partial charge in [-0.3, -0.25) is 19.2 Å². The van der Waals surface area contributed by atoms with E-state index in [-0.39, 0.29) is 5.70 Å². The van der Waals surface area contributed by atoms with Crippen LogP contribution in [-0.2, 0) is 19.2 Å². The zero-order valence-corrected chi connectivity index (χ0v) is 17.3. The third kappa shape index (κ3) is 4.34. The summed E-state index contributed by atoms with van der Waals surface area (Å²) in [7, 11) is 0. The first kappa shape index (κ1) is 21.5. The zero-order valence-electron chi connectivity index (χ0n) is 17.3. The average molecular weight is 443 g/mol. The Balaban J connectivity index is 1.48. The van der Waals surface area contributed by atoms with Gasteiger partial charge < -0.3 is 0 Å². The predicted octanol–water partition coefficient (Wildman–Crippen LogP) is 2.13. The Kier molecular flexibility index (Phi) is 5.83. The molecule has 0 radical (unpaired) electrons. The highest BCUT2D eigenvalue weighted by atomic mass is 16.2. The van der Waals surface area contributed by atoms with Crippen LogP contribution in [0.15, 0.2) is 72.5 Å². The van der Waals surface area contributed by atoms with E-state index in [0.29, 0.717) is 22.5 Å². The molecule has 0 N–H and O–H groups in total. The van der Waals surface area contributed by atoms with Gasteiger partial charge >= 0.3 is 17.7 Å². The van der Waals surface area contributed by atoms with Crippen LogP contribution in [0.1, 0.15) is 11.1 Å². The molecule has 2 aromatic rings. The lowest BCUT2D eigenvalue weighted by Gasteiger charge is -2.13. The third-order valence-corrected chi connectivity index (χ3v) is 4.64. The lowest BCUT2D eigenvalue weighted by molar-refractivity contribution is -0.121. The molecule has 0 aliphatic carbocycles. The molecule has 2 aromatic carbocycles. The predicted molar refractivity (Wildman–Crippen MR) is 122 cm³/mol. The van der Waals surface area contributed by atoms with E-state index in [4.69, 9.17) is 5.26 Å². The van der Waals surface area contributed by atoms with E-state index >= 15 is 0 Å². The van der Waals surface area contributed by atoms with Gasteiger partial charge in [0, 0.05) is 29.2 Å². The van der Waals surface area contributed by atoms with E-state index in [1.807, 2.05) is 0 Å². The second-order valence-electron chi connectivity index (χ2n) is 6.79. The summed E-state index contributed by atoms with van der Waals surface area (Å²) in [5, 5.41) is 8.50. The fourth-order valence-electron chi connectivity index (χ4n) is 3.14. The highest BCUT2D eigenvalue weighted by molar-refractivity contribution is 6.31. The number of anilines is 2. The van der Waals surface area contributed by atoms with Gasteiger partial charge in [0.05, 0.1) is 17.3 Å². The van der Waals surface area contributed by atoms with Gasteiger partial charge in [-0.1, -0.05) is 12.0 Å². The maximum atomic E-state index is 12.6. The molecule has 0 spiro atoms. The Morgan fingerprint density at radius 3 is 2.15 bits per heavy atom. The average Bonchev–Trinajstić information content (AvgIpc) is 3.32. The highest BCUT2D eigenvalue weighted by Crippen LogP contribution is 2.23. The van der Waals surface area contributed by atoms with Crippen molar-refractivity contribution in [3.05, 3.63) is 88.4 Å². The summed E-state index contributed by atoms with van der Waals surface area (Å²) in [5.74, 6) is 8.13. The number of hydrogen-bond acceptors (Lipinski definition) is 5. The van der Waals surface area contributed by atoms with Gasteiger partial charge in [0.25, 0.3) is 17.7 Å². The van der Waals surface area contributed by atoms with Crippen LogP contribution in [0, 0.1) is 41.1 Å². The largest absolute Gasteiger partial charge is 0.411 e. The van der Waals surface area contributed by atoms with Crippen molar-refractivity contribution < 1.29 is 19.2 Å². The number of carbonyl (C=O) groups excluding carboxylic acids is 4. The summed E-state index contributed by atoms with van der Waals surface area (Å²) in [6, 6.07) is 16.9. The molecule has 2 aliphatic heterocycles. The van der Waals surface area contributed by atoms with Crippen LogP contribution >= 0.6 is 0 Å². The van der Waals surface area contributed by atoms with Gasteiger partial charge in [0.1, 0.15) is 6.08 Å². The normalized spacial score (nSPS) is 13.9. The SMILES string of the molecule is N#CC#Cc1ccc(N2C(=O)C=C([N+]#CC#Cc3cccc(N4C(=O)C=CC4=O)c3)C2=O)cc1. The minimum absolute atomic E-state index is 0.124. The van der Waals surface area contributed by atoms with Crippen molar-refractivity contribution in [3.8, 4) is 35.8 Å². The maximum Gasteiger partial charge on any atom is 0.411 e. The molecule has 0 atom stereocenters. The van der Waals surface area contributed by atoms with Gasteiger partial charge in [-0.25, -0.2) is 9.80 Å². The summed E-state index contributed by atoms with van der Waals surface area (Å²) in [4.78, 5) is 54.4. The Hall–Kier alpha value is -5.70. The first-order chi connectivity index (χ1) is 16.5. The van der Waals surface area contributed by atoms with Gasteiger partial charge in [-0.05, 0) is 53.2 Å². The Morgan fingerprint density at radius 1 is 0.735 bits per heavy atom. The Labute approximate surface area is 193 Å². The van der Waals surface area contributed by atoms with Crippen molar-refractivity contribution in [2.75, 3.05) is 9.80 Å². The standard InChI is InChI=1S/C26H11N4O4/c27-14-2-5-18-8-10-20(11-9-18)30-25(33)17-22(26(30)34)28-15-3-6-19-4-1-7-21(16-19)29-23(31)12-13-24(29)32/h1,4,7-13,16-17H/q+1. The van der Waals surface area contributed by atoms with Crippen LogP contribution in [0.4, 0.5) is 11.4 Å². The molecule has 2 heterocycles. The summed E-state index contributed by atoms with van der Waals surface area (Å²) in [6.07, 6.45) is 3.46. The molecule has 8 nitrogen and oxygen atoms in total. The van der Waals surface area contributed by atoms with Crippen LogP contribution in [0.3, 0.4) is 0 Å². The summed E-state index contributed by atoms with van der Waals surface area (Å²) in [6.45, 7) is 0. The minimum Gasteiger partial charge on any atom is -0.269 e. The monoisotopic (exact) mass is 443 g/mol. The van der Waals surface area contributed by atoms with Crippen LogP contribution in [-0.4, -0.2) is 23.6 Å². The lowest BCUT2D eigenvalue weighted by atomic mass is 10.2. The smallest absolute Gasteiger partial charge is 0.269 e. The van der Waals surface area contributed by atoms with Crippen LogP contribution in [0.5, 0.6) is 0 Å². The molecule has 4 rings (SSSR count). The lowest BCUT2D eigenvalue weighted by Crippen LogP contribution is -2.30. The highest BCUT2D eigenvalue weighted by Gasteiger charge is 2.39. The van der Waals surface area contributed by atoms with Crippen LogP contribution < -0.4 is 9.80 Å². The minimum atomic E-state index is -0.629. The van der Waals surface area contributed by atoms with Gasteiger partial charge in [0.2, 0.25) is 0 Å². The molecule has 0 unspecified atom stereocenters. The van der Waals surface area contributed by atoms with Crippen molar-refractivity contribution in [2.45, 2.75) is 0 Å². The number of amides is 4. The van der Waals surface area contributed by atoms with E-state index in [1.165, 1.54) is 12.2 Å². The van der Waals surface area contributed by atoms with Crippen molar-refractivity contribution >= 4 is 35.0 Å². The van der Waals surface area contributed by atoms with Crippen molar-refractivity contribution in [2.24, 2.45) is 0 Å². The molecule has 158 valence electrons. The van der Waals surface area contributed by atoms with Crippen molar-refractivity contribution in [1.82, 2.24) is 0 Å². The van der Waals surface area contributed by atoms with Crippen LogP contribution in [0.2, 0.25) is 0 Å². The maximum absolute atomic E-state index is 12.6. The fraction of sp³-hybridized carbons (Fsp3) is 0. The van der Waals surface area contributed by atoms with Crippen molar-refractivity contribution in [3.63, 3.8) is 0 Å². The Bertz CT molecular complexity index is 1540. The molecule has 8 heteroatoms. The molecule has 2 aliphatic rings. The first-order valence-electron chi connectivity index (χ1n) is 9.71. The fourth-order valence-corrected chi connectivity index (χ4v) is 3.14. The molecule has 0 fully saturated rings. The number of rotatable bonds is 2. The van der Waals surface area contributed by atoms with Crippen molar-refractivity contribution in [1.29, 1.82) is 5.26 Å². The van der Waals surface area contributed by atoms with Gasteiger partial charge in [-0.2, -0.15) is 5.26 Å². The molecular weight excluding hydrogens is 432 g/mol. The molecule has 34 heavy (non-hydrogen) atoms. The molecule has 0 saturated carbocycles. The van der Waals surface area contributed by atoms with Gasteiger partial charge in [-0.15, -0.1) is 0 Å².